The van der Waals surface area contributed by atoms with Gasteiger partial charge in [-0.25, -0.2) is 4.98 Å². The van der Waals surface area contributed by atoms with E-state index in [1.807, 2.05) is 31.2 Å². The van der Waals surface area contributed by atoms with Crippen LogP contribution < -0.4 is 10.6 Å². The zero-order valence-corrected chi connectivity index (χ0v) is 15.7. The van der Waals surface area contributed by atoms with Gasteiger partial charge in [0.05, 0.1) is 16.3 Å². The average molecular weight is 362 g/mol. The highest BCUT2D eigenvalue weighted by Gasteiger charge is 2.24. The molecule has 1 saturated heterocycles. The molecule has 0 bridgehead atoms. The van der Waals surface area contributed by atoms with E-state index >= 15 is 0 Å². The molecular weight excluding hydrogens is 338 g/mol. The summed E-state index contributed by atoms with van der Waals surface area (Å²) in [6.07, 6.45) is 1.10. The van der Waals surface area contributed by atoms with Gasteiger partial charge in [-0.2, -0.15) is 0 Å². The van der Waals surface area contributed by atoms with Gasteiger partial charge in [-0.1, -0.05) is 19.1 Å². The first kappa shape index (κ1) is 17.5. The lowest BCUT2D eigenvalue weighted by atomic mass is 9.94. The van der Waals surface area contributed by atoms with Crippen LogP contribution in [-0.2, 0) is 5.75 Å². The van der Waals surface area contributed by atoms with E-state index < -0.39 is 0 Å². The van der Waals surface area contributed by atoms with Crippen molar-refractivity contribution in [2.24, 2.45) is 5.92 Å². The number of benzene rings is 1. The Bertz CT molecular complexity index is 701. The first-order chi connectivity index (χ1) is 11.6. The molecule has 6 heteroatoms. The first-order valence-corrected chi connectivity index (χ1v) is 10.1. The summed E-state index contributed by atoms with van der Waals surface area (Å²) in [5, 5.41) is 9.72. The maximum Gasteiger partial charge on any atom is 0.252 e. The van der Waals surface area contributed by atoms with Crippen molar-refractivity contribution in [3.63, 3.8) is 0 Å². The molecule has 1 aliphatic rings. The fourth-order valence-corrected chi connectivity index (χ4v) is 4.50. The predicted molar refractivity (Wildman–Crippen MR) is 101 cm³/mol. The molecule has 2 heterocycles. The molecule has 0 aliphatic carbocycles. The molecule has 2 aromatic rings. The molecule has 0 spiro atoms. The van der Waals surface area contributed by atoms with Gasteiger partial charge >= 0.3 is 0 Å². The van der Waals surface area contributed by atoms with Gasteiger partial charge in [0.25, 0.3) is 5.91 Å². The van der Waals surface area contributed by atoms with Crippen LogP contribution in [-0.4, -0.2) is 30.0 Å². The Morgan fingerprint density at radius 1 is 1.46 bits per heavy atom. The third-order valence-electron chi connectivity index (χ3n) is 4.32. The van der Waals surface area contributed by atoms with E-state index in [1.54, 1.807) is 23.1 Å². The molecule has 0 saturated carbocycles. The van der Waals surface area contributed by atoms with Gasteiger partial charge < -0.3 is 10.6 Å². The highest BCUT2D eigenvalue weighted by molar-refractivity contribution is 7.98. The number of carbonyl (C=O) groups is 1. The number of hydrogen-bond acceptors (Lipinski definition) is 5. The molecule has 2 unspecified atom stereocenters. The molecule has 1 aliphatic heterocycles. The number of thiazole rings is 1. The molecule has 2 atom stereocenters. The Hall–Kier alpha value is -1.37. The van der Waals surface area contributed by atoms with Crippen LogP contribution in [0.25, 0.3) is 0 Å². The normalized spacial score (nSPS) is 20.8. The minimum Gasteiger partial charge on any atom is -0.348 e. The van der Waals surface area contributed by atoms with E-state index in [2.05, 4.69) is 27.9 Å². The Kier molecular flexibility index (Phi) is 5.92. The summed E-state index contributed by atoms with van der Waals surface area (Å²) in [5.41, 5.74) is 1.83. The Morgan fingerprint density at radius 2 is 2.29 bits per heavy atom. The summed E-state index contributed by atoms with van der Waals surface area (Å²) < 4.78 is 0. The number of aromatic nitrogens is 1. The second kappa shape index (κ2) is 8.14. The fourth-order valence-electron chi connectivity index (χ4n) is 2.84. The molecule has 4 nitrogen and oxygen atoms in total. The van der Waals surface area contributed by atoms with Crippen molar-refractivity contribution in [1.82, 2.24) is 15.6 Å². The van der Waals surface area contributed by atoms with E-state index in [4.69, 9.17) is 0 Å². The van der Waals surface area contributed by atoms with E-state index in [0.717, 1.165) is 46.4 Å². The quantitative estimate of drug-likeness (QED) is 0.801. The van der Waals surface area contributed by atoms with Gasteiger partial charge in [-0.3, -0.25) is 4.79 Å². The lowest BCUT2D eigenvalue weighted by molar-refractivity contribution is 0.0912. The van der Waals surface area contributed by atoms with Crippen LogP contribution >= 0.6 is 23.1 Å². The lowest BCUT2D eigenvalue weighted by Crippen LogP contribution is -2.50. The maximum atomic E-state index is 12.7. The fraction of sp³-hybridized carbons (Fsp3) is 0.444. The lowest BCUT2D eigenvalue weighted by Gasteiger charge is -2.30. The molecule has 1 fully saturated rings. The van der Waals surface area contributed by atoms with Crippen molar-refractivity contribution in [2.45, 2.75) is 37.0 Å². The van der Waals surface area contributed by atoms with Crippen molar-refractivity contribution in [2.75, 3.05) is 13.1 Å². The smallest absolute Gasteiger partial charge is 0.252 e. The van der Waals surface area contributed by atoms with Crippen LogP contribution in [0.2, 0.25) is 0 Å². The highest BCUT2D eigenvalue weighted by Crippen LogP contribution is 2.27. The number of hydrogen-bond donors (Lipinski definition) is 2. The highest BCUT2D eigenvalue weighted by atomic mass is 32.2. The number of rotatable bonds is 5. The van der Waals surface area contributed by atoms with Gasteiger partial charge in [0, 0.05) is 28.6 Å². The summed E-state index contributed by atoms with van der Waals surface area (Å²) in [6.45, 7) is 6.10. The van der Waals surface area contributed by atoms with Gasteiger partial charge in [-0.15, -0.1) is 23.1 Å². The van der Waals surface area contributed by atoms with E-state index in [-0.39, 0.29) is 11.9 Å². The standard InChI is InChI=1S/C18H23N3OS2/c1-12-7-8-19-9-16(12)21-18(22)15-5-3-4-6-17(15)24-11-14-10-23-13(2)20-14/h3-6,10,12,16,19H,7-9,11H2,1-2H3,(H,21,22). The molecule has 2 N–H and O–H groups in total. The second-order valence-electron chi connectivity index (χ2n) is 6.19. The largest absolute Gasteiger partial charge is 0.348 e. The number of piperidine rings is 1. The van der Waals surface area contributed by atoms with Gasteiger partial charge in [0.1, 0.15) is 0 Å². The number of nitrogens with zero attached hydrogens (tertiary/aromatic N) is 1. The van der Waals surface area contributed by atoms with Crippen LogP contribution in [0, 0.1) is 12.8 Å². The zero-order chi connectivity index (χ0) is 16.9. The number of nitrogens with one attached hydrogen (secondary N) is 2. The minimum atomic E-state index is 0.0214. The molecule has 1 amide bonds. The number of aryl methyl sites for hydroxylation is 1. The van der Waals surface area contributed by atoms with Crippen molar-refractivity contribution in [1.29, 1.82) is 0 Å². The number of carbonyl (C=O) groups excluding carboxylic acids is 1. The first-order valence-electron chi connectivity index (χ1n) is 8.28. The number of thioether (sulfide) groups is 1. The van der Waals surface area contributed by atoms with Crippen molar-refractivity contribution >= 4 is 29.0 Å². The average Bonchev–Trinajstić information content (AvgIpc) is 3.01. The monoisotopic (exact) mass is 361 g/mol. The summed E-state index contributed by atoms with van der Waals surface area (Å²) in [4.78, 5) is 18.2. The summed E-state index contributed by atoms with van der Waals surface area (Å²) in [6, 6.07) is 8.03. The van der Waals surface area contributed by atoms with Crippen LogP contribution in [0.3, 0.4) is 0 Å². The number of amides is 1. The van der Waals surface area contributed by atoms with Gasteiger partial charge in [0.2, 0.25) is 0 Å². The molecule has 0 radical (unpaired) electrons. The van der Waals surface area contributed by atoms with Crippen LogP contribution in [0.5, 0.6) is 0 Å². The van der Waals surface area contributed by atoms with Gasteiger partial charge in [0.15, 0.2) is 0 Å². The van der Waals surface area contributed by atoms with E-state index in [1.165, 1.54) is 0 Å². The van der Waals surface area contributed by atoms with Crippen molar-refractivity contribution in [3.8, 4) is 0 Å². The van der Waals surface area contributed by atoms with Crippen molar-refractivity contribution < 1.29 is 4.79 Å². The Morgan fingerprint density at radius 3 is 3.04 bits per heavy atom. The predicted octanol–water partition coefficient (Wildman–Crippen LogP) is 3.47. The Labute approximate surface area is 151 Å². The zero-order valence-electron chi connectivity index (χ0n) is 14.0. The van der Waals surface area contributed by atoms with E-state index in [0.29, 0.717) is 5.92 Å². The topological polar surface area (TPSA) is 54.0 Å². The molecule has 1 aromatic heterocycles. The van der Waals surface area contributed by atoms with Crippen molar-refractivity contribution in [3.05, 3.63) is 45.9 Å². The molecule has 128 valence electrons. The van der Waals surface area contributed by atoms with Crippen LogP contribution in [0.1, 0.15) is 34.4 Å². The van der Waals surface area contributed by atoms with Gasteiger partial charge in [-0.05, 0) is 37.9 Å². The molecule has 24 heavy (non-hydrogen) atoms. The third-order valence-corrected chi connectivity index (χ3v) is 6.25. The summed E-state index contributed by atoms with van der Waals surface area (Å²) in [7, 11) is 0. The maximum absolute atomic E-state index is 12.7. The Balaban J connectivity index is 1.67. The second-order valence-corrected chi connectivity index (χ2v) is 8.27. The third kappa shape index (κ3) is 4.37. The van der Waals surface area contributed by atoms with Crippen LogP contribution in [0.15, 0.2) is 34.5 Å². The molecule has 1 aromatic carbocycles. The molecule has 3 rings (SSSR count). The molecular formula is C18H23N3OS2. The SMILES string of the molecule is Cc1nc(CSc2ccccc2C(=O)NC2CNCCC2C)cs1. The van der Waals surface area contributed by atoms with Crippen LogP contribution in [0.4, 0.5) is 0 Å². The summed E-state index contributed by atoms with van der Waals surface area (Å²) >= 11 is 3.34. The van der Waals surface area contributed by atoms with E-state index in [9.17, 15) is 4.79 Å². The summed E-state index contributed by atoms with van der Waals surface area (Å²) in [5.74, 6) is 1.32. The minimum absolute atomic E-state index is 0.0214.